The van der Waals surface area contributed by atoms with Crippen molar-refractivity contribution in [3.63, 3.8) is 0 Å². The molecule has 12 nitrogen and oxygen atoms in total. The Morgan fingerprint density at radius 3 is 2.54 bits per heavy atom. The van der Waals surface area contributed by atoms with Crippen LogP contribution in [0.4, 0.5) is 4.39 Å². The van der Waals surface area contributed by atoms with E-state index in [0.29, 0.717) is 46.3 Å². The SMILES string of the molecule is COc1ccc(F)cc1[C@H](Cn1c(=O)n(C(C)(C)C(=O)CC(C)C)c(=O)c2c(C)c(-n3nccn3)sc21)OCCN1CC(C#N)C1. The molecule has 1 atom stereocenters. The maximum atomic E-state index is 14.7. The number of aryl methyl sites for hydroxylation is 1. The zero-order valence-electron chi connectivity index (χ0n) is 26.8. The molecule has 0 unspecified atom stereocenters. The van der Waals surface area contributed by atoms with Crippen LogP contribution < -0.4 is 16.0 Å². The smallest absolute Gasteiger partial charge is 0.333 e. The summed E-state index contributed by atoms with van der Waals surface area (Å²) < 4.78 is 29.1. The molecule has 0 saturated carbocycles. The Morgan fingerprint density at radius 1 is 1.22 bits per heavy atom. The van der Waals surface area contributed by atoms with Crippen LogP contribution in [0.15, 0.2) is 40.2 Å². The number of benzene rings is 1. The van der Waals surface area contributed by atoms with Gasteiger partial charge in [-0.15, -0.1) is 4.80 Å². The fraction of sp³-hybridized carbons (Fsp3) is 0.500. The van der Waals surface area contributed by atoms with Crippen molar-refractivity contribution in [1.29, 1.82) is 5.26 Å². The first-order valence-electron chi connectivity index (χ1n) is 15.1. The number of hydrogen-bond acceptors (Lipinski definition) is 10. The van der Waals surface area contributed by atoms with E-state index in [9.17, 15) is 18.8 Å². The molecule has 46 heavy (non-hydrogen) atoms. The first-order chi connectivity index (χ1) is 21.9. The van der Waals surface area contributed by atoms with Gasteiger partial charge in [0.05, 0.1) is 50.0 Å². The number of thiophene rings is 1. The van der Waals surface area contributed by atoms with E-state index in [4.69, 9.17) is 14.7 Å². The van der Waals surface area contributed by atoms with Crippen LogP contribution in [-0.2, 0) is 21.6 Å². The van der Waals surface area contributed by atoms with Crippen molar-refractivity contribution < 1.29 is 18.7 Å². The van der Waals surface area contributed by atoms with Crippen LogP contribution in [0.1, 0.15) is 51.3 Å². The van der Waals surface area contributed by atoms with Crippen molar-refractivity contribution in [3.8, 4) is 16.8 Å². The van der Waals surface area contributed by atoms with Gasteiger partial charge in [-0.3, -0.25) is 19.1 Å². The number of fused-ring (bicyclic) bond motifs is 1. The minimum absolute atomic E-state index is 0.0156. The molecule has 1 aliphatic heterocycles. The lowest BCUT2D eigenvalue weighted by atomic mass is 9.91. The van der Waals surface area contributed by atoms with Crippen LogP contribution in [-0.4, -0.2) is 68.2 Å². The van der Waals surface area contributed by atoms with Crippen molar-refractivity contribution in [2.75, 3.05) is 33.4 Å². The summed E-state index contributed by atoms with van der Waals surface area (Å²) in [5.41, 5.74) is -1.80. The number of rotatable bonds is 13. The summed E-state index contributed by atoms with van der Waals surface area (Å²) in [5, 5.41) is 18.4. The van der Waals surface area contributed by atoms with Gasteiger partial charge in [0.1, 0.15) is 33.0 Å². The molecule has 5 rings (SSSR count). The van der Waals surface area contributed by atoms with Gasteiger partial charge in [0.25, 0.3) is 5.56 Å². The number of carbonyl (C=O) groups is 1. The van der Waals surface area contributed by atoms with Crippen LogP contribution in [0.2, 0.25) is 0 Å². The van der Waals surface area contributed by atoms with Crippen molar-refractivity contribution in [2.45, 2.75) is 59.2 Å². The van der Waals surface area contributed by atoms with Crippen molar-refractivity contribution in [2.24, 2.45) is 11.8 Å². The number of nitrogens with zero attached hydrogens (tertiary/aromatic N) is 7. The Balaban J connectivity index is 1.68. The molecule has 1 saturated heterocycles. The molecule has 244 valence electrons. The molecule has 0 aliphatic carbocycles. The Labute approximate surface area is 269 Å². The van der Waals surface area contributed by atoms with Gasteiger partial charge in [0.2, 0.25) is 0 Å². The molecule has 4 aromatic rings. The number of halogens is 1. The third-order valence-electron chi connectivity index (χ3n) is 8.38. The van der Waals surface area contributed by atoms with Crippen LogP contribution in [0.3, 0.4) is 0 Å². The molecule has 1 aromatic carbocycles. The van der Waals surface area contributed by atoms with Gasteiger partial charge < -0.3 is 9.47 Å². The first-order valence-corrected chi connectivity index (χ1v) is 15.9. The second-order valence-corrected chi connectivity index (χ2v) is 13.5. The molecule has 1 aliphatic rings. The average molecular weight is 652 g/mol. The lowest BCUT2D eigenvalue weighted by Gasteiger charge is -2.35. The Bertz CT molecular complexity index is 1900. The minimum Gasteiger partial charge on any atom is -0.496 e. The van der Waals surface area contributed by atoms with E-state index in [1.165, 1.54) is 58.4 Å². The number of Topliss-reactive ketones (excluding diaryl/α,β-unsaturated/α-hetero) is 1. The second kappa shape index (κ2) is 13.3. The molecule has 1 fully saturated rings. The highest BCUT2D eigenvalue weighted by atomic mass is 32.1. The van der Waals surface area contributed by atoms with Gasteiger partial charge in [-0.05, 0) is 44.9 Å². The predicted molar refractivity (Wildman–Crippen MR) is 171 cm³/mol. The summed E-state index contributed by atoms with van der Waals surface area (Å²) >= 11 is 1.17. The molecule has 0 amide bonds. The predicted octanol–water partition coefficient (Wildman–Crippen LogP) is 3.83. The molecule has 14 heteroatoms. The molecular formula is C32H38FN7O5S. The summed E-state index contributed by atoms with van der Waals surface area (Å²) in [6, 6.07) is 6.34. The Morgan fingerprint density at radius 2 is 1.91 bits per heavy atom. The van der Waals surface area contributed by atoms with Crippen LogP contribution in [0.5, 0.6) is 5.75 Å². The van der Waals surface area contributed by atoms with Crippen molar-refractivity contribution in [3.05, 3.63) is 68.4 Å². The standard InChI is InChI=1S/C32H38FN7O5S/c1-19(2)13-26(41)32(4,5)39-28(42)27-20(3)29(40-35-9-10-36-40)46-30(27)38(31(39)43)18-25(23-14-22(33)7-8-24(23)44-6)45-12-11-37-16-21(15-34)17-37/h7-10,14,19,21,25H,11-13,16-18H2,1-6H3/t25-/m0/s1. The zero-order chi connectivity index (χ0) is 33.3. The summed E-state index contributed by atoms with van der Waals surface area (Å²) in [4.78, 5) is 46.0. The van der Waals surface area contributed by atoms with Gasteiger partial charge in [0.15, 0.2) is 5.78 Å². The van der Waals surface area contributed by atoms with E-state index in [1.807, 2.05) is 13.8 Å². The molecule has 0 radical (unpaired) electrons. The number of likely N-dealkylation sites (tertiary alicyclic amines) is 1. The number of ether oxygens (including phenoxy) is 2. The highest BCUT2D eigenvalue weighted by molar-refractivity contribution is 7.21. The van der Waals surface area contributed by atoms with Crippen LogP contribution in [0, 0.1) is 35.9 Å². The number of ketones is 1. The van der Waals surface area contributed by atoms with E-state index >= 15 is 0 Å². The molecule has 3 aromatic heterocycles. The lowest BCUT2D eigenvalue weighted by Crippen LogP contribution is -2.53. The summed E-state index contributed by atoms with van der Waals surface area (Å²) in [6.45, 7) is 10.6. The fourth-order valence-corrected chi connectivity index (χ4v) is 6.99. The van der Waals surface area contributed by atoms with E-state index in [0.717, 1.165) is 4.57 Å². The lowest BCUT2D eigenvalue weighted by molar-refractivity contribution is -0.127. The van der Waals surface area contributed by atoms with E-state index in [-0.39, 0.29) is 42.6 Å². The van der Waals surface area contributed by atoms with Crippen LogP contribution >= 0.6 is 11.3 Å². The van der Waals surface area contributed by atoms with Crippen LogP contribution in [0.25, 0.3) is 15.2 Å². The third kappa shape index (κ3) is 6.27. The topological polar surface area (TPSA) is 137 Å². The largest absolute Gasteiger partial charge is 0.496 e. The van der Waals surface area contributed by atoms with E-state index in [2.05, 4.69) is 21.2 Å². The summed E-state index contributed by atoms with van der Waals surface area (Å²) in [6.07, 6.45) is 2.32. The zero-order valence-corrected chi connectivity index (χ0v) is 27.6. The molecular weight excluding hydrogens is 613 g/mol. The second-order valence-electron chi connectivity index (χ2n) is 12.5. The van der Waals surface area contributed by atoms with E-state index < -0.39 is 28.7 Å². The number of nitriles is 1. The van der Waals surface area contributed by atoms with E-state index in [1.54, 1.807) is 20.8 Å². The molecule has 0 spiro atoms. The van der Waals surface area contributed by atoms with Crippen molar-refractivity contribution >= 4 is 27.3 Å². The monoisotopic (exact) mass is 651 g/mol. The van der Waals surface area contributed by atoms with Gasteiger partial charge in [0, 0.05) is 37.2 Å². The van der Waals surface area contributed by atoms with Gasteiger partial charge >= 0.3 is 5.69 Å². The summed E-state index contributed by atoms with van der Waals surface area (Å²) in [5.74, 6) is -0.393. The minimum atomic E-state index is -1.46. The van der Waals surface area contributed by atoms with Gasteiger partial charge in [-0.2, -0.15) is 15.5 Å². The highest BCUT2D eigenvalue weighted by Crippen LogP contribution is 2.34. The van der Waals surface area contributed by atoms with Gasteiger partial charge in [-0.1, -0.05) is 25.2 Å². The van der Waals surface area contributed by atoms with Crippen molar-refractivity contribution in [1.82, 2.24) is 29.0 Å². The fourth-order valence-electron chi connectivity index (χ4n) is 5.77. The quantitative estimate of drug-likeness (QED) is 0.211. The Hall–Kier alpha value is -4.19. The third-order valence-corrected chi connectivity index (χ3v) is 9.66. The first kappa shape index (κ1) is 33.2. The maximum absolute atomic E-state index is 14.7. The molecule has 4 heterocycles. The number of hydrogen-bond donors (Lipinski definition) is 0. The number of carbonyl (C=O) groups excluding carboxylic acids is 1. The highest BCUT2D eigenvalue weighted by Gasteiger charge is 2.36. The summed E-state index contributed by atoms with van der Waals surface area (Å²) in [7, 11) is 1.47. The molecule has 0 bridgehead atoms. The number of aromatic nitrogens is 5. The maximum Gasteiger partial charge on any atom is 0.333 e. The average Bonchev–Trinajstić information content (AvgIpc) is 3.63. The normalized spacial score (nSPS) is 14.8. The number of methoxy groups -OCH3 is 1. The Kier molecular flexibility index (Phi) is 9.57. The van der Waals surface area contributed by atoms with Gasteiger partial charge in [-0.25, -0.2) is 13.8 Å². The molecule has 0 N–H and O–H groups in total.